The largest absolute Gasteiger partial charge is 0.478 e. The third-order valence-corrected chi connectivity index (χ3v) is 2.89. The van der Waals surface area contributed by atoms with E-state index >= 15 is 0 Å². The minimum Gasteiger partial charge on any atom is -0.478 e. The van der Waals surface area contributed by atoms with Gasteiger partial charge in [-0.15, -0.1) is 0 Å². The number of carboxylic acids is 2. The number of alkyl halides is 1. The minimum atomic E-state index is -1.33. The Bertz CT molecular complexity index is 470. The summed E-state index contributed by atoms with van der Waals surface area (Å²) in [4.78, 5) is 25.7. The highest BCUT2D eigenvalue weighted by Crippen LogP contribution is 2.22. The van der Waals surface area contributed by atoms with Crippen LogP contribution < -0.4 is 0 Å². The van der Waals surface area contributed by atoms with Gasteiger partial charge in [0.15, 0.2) is 5.69 Å². The molecule has 0 unspecified atom stereocenters. The van der Waals surface area contributed by atoms with Gasteiger partial charge in [0, 0.05) is 11.0 Å². The fourth-order valence-corrected chi connectivity index (χ4v) is 2.33. The van der Waals surface area contributed by atoms with Crippen molar-refractivity contribution in [1.29, 1.82) is 0 Å². The van der Waals surface area contributed by atoms with Crippen molar-refractivity contribution < 1.29 is 19.8 Å². The second-order valence-electron chi connectivity index (χ2n) is 3.27. The van der Waals surface area contributed by atoms with Crippen LogP contribution in [0.4, 0.5) is 0 Å². The van der Waals surface area contributed by atoms with Crippen LogP contribution in [0.2, 0.25) is 0 Å². The van der Waals surface area contributed by atoms with E-state index < -0.39 is 17.6 Å². The zero-order valence-corrected chi connectivity index (χ0v) is 10.3. The molecule has 0 aliphatic carbocycles. The maximum Gasteiger partial charge on any atom is 0.355 e. The van der Waals surface area contributed by atoms with Crippen LogP contribution in [0.5, 0.6) is 0 Å². The molecule has 1 aromatic rings. The van der Waals surface area contributed by atoms with Crippen LogP contribution in [0.15, 0.2) is 0 Å². The molecule has 0 amide bonds. The van der Waals surface area contributed by atoms with E-state index in [9.17, 15) is 9.59 Å². The lowest BCUT2D eigenvalue weighted by Gasteiger charge is -2.11. The topological polar surface area (TPSA) is 87.5 Å². The lowest BCUT2D eigenvalue weighted by molar-refractivity contribution is 0.0645. The number of rotatable bonds is 3. The molecular formula is C10H10BrNO4. The van der Waals surface area contributed by atoms with Crippen LogP contribution in [0.25, 0.3) is 0 Å². The zero-order valence-electron chi connectivity index (χ0n) is 8.74. The van der Waals surface area contributed by atoms with Gasteiger partial charge in [-0.1, -0.05) is 15.9 Å². The minimum absolute atomic E-state index is 0.243. The SMILES string of the molecule is Cc1nc(C(=O)O)c(C(=O)O)c(C)c1CBr. The summed E-state index contributed by atoms with van der Waals surface area (Å²) in [7, 11) is 0. The van der Waals surface area contributed by atoms with Crippen LogP contribution in [0.1, 0.15) is 37.7 Å². The van der Waals surface area contributed by atoms with Crippen LogP contribution >= 0.6 is 15.9 Å². The lowest BCUT2D eigenvalue weighted by Crippen LogP contribution is -2.15. The van der Waals surface area contributed by atoms with E-state index in [-0.39, 0.29) is 5.56 Å². The van der Waals surface area contributed by atoms with Crippen molar-refractivity contribution in [3.05, 3.63) is 28.1 Å². The molecule has 1 rings (SSSR count). The number of pyridine rings is 1. The number of hydrogen-bond donors (Lipinski definition) is 2. The Morgan fingerprint density at radius 2 is 1.81 bits per heavy atom. The van der Waals surface area contributed by atoms with Gasteiger partial charge in [0.1, 0.15) is 0 Å². The van der Waals surface area contributed by atoms with Crippen molar-refractivity contribution in [2.24, 2.45) is 0 Å². The molecule has 0 bridgehead atoms. The first-order chi connectivity index (χ1) is 7.40. The van der Waals surface area contributed by atoms with Crippen LogP contribution in [0.3, 0.4) is 0 Å². The number of nitrogens with zero attached hydrogens (tertiary/aromatic N) is 1. The summed E-state index contributed by atoms with van der Waals surface area (Å²) in [6.45, 7) is 3.24. The van der Waals surface area contributed by atoms with Crippen LogP contribution in [-0.2, 0) is 5.33 Å². The Balaban J connectivity index is 3.65. The van der Waals surface area contributed by atoms with Gasteiger partial charge in [0.05, 0.1) is 5.56 Å². The first-order valence-corrected chi connectivity index (χ1v) is 5.54. The van der Waals surface area contributed by atoms with Crippen molar-refractivity contribution in [1.82, 2.24) is 4.98 Å². The standard InChI is InChI=1S/C10H10BrNO4/c1-4-6(3-11)5(2)12-8(10(15)16)7(4)9(13)14/h3H2,1-2H3,(H,13,14)(H,15,16). The predicted octanol–water partition coefficient (Wildman–Crippen LogP) is 1.99. The third-order valence-electron chi connectivity index (χ3n) is 2.33. The second kappa shape index (κ2) is 4.61. The van der Waals surface area contributed by atoms with Crippen molar-refractivity contribution in [3.8, 4) is 0 Å². The summed E-state index contributed by atoms with van der Waals surface area (Å²) in [5.74, 6) is -2.60. The number of halogens is 1. The fraction of sp³-hybridized carbons (Fsp3) is 0.300. The molecule has 0 aromatic carbocycles. The molecule has 1 heterocycles. The number of carbonyl (C=O) groups is 2. The molecule has 86 valence electrons. The molecule has 0 aliphatic rings. The summed E-state index contributed by atoms with van der Waals surface area (Å²) in [5.41, 5.74) is 1.02. The monoisotopic (exact) mass is 287 g/mol. The maximum absolute atomic E-state index is 11.0. The van der Waals surface area contributed by atoms with Gasteiger partial charge >= 0.3 is 11.9 Å². The third kappa shape index (κ3) is 2.06. The van der Waals surface area contributed by atoms with Crippen LogP contribution in [0, 0.1) is 13.8 Å². The van der Waals surface area contributed by atoms with Gasteiger partial charge in [-0.2, -0.15) is 0 Å². The van der Waals surface area contributed by atoms with Crippen LogP contribution in [-0.4, -0.2) is 27.1 Å². The van der Waals surface area contributed by atoms with Gasteiger partial charge in [-0.05, 0) is 25.0 Å². The van der Waals surface area contributed by atoms with Crippen molar-refractivity contribution in [2.45, 2.75) is 19.2 Å². The van der Waals surface area contributed by atoms with E-state index in [1.165, 1.54) is 0 Å². The van der Waals surface area contributed by atoms with E-state index in [2.05, 4.69) is 20.9 Å². The van der Waals surface area contributed by atoms with Crippen molar-refractivity contribution in [2.75, 3.05) is 0 Å². The quantitative estimate of drug-likeness (QED) is 0.830. The van der Waals surface area contributed by atoms with Gasteiger partial charge in [0.2, 0.25) is 0 Å². The Hall–Kier alpha value is -1.43. The highest BCUT2D eigenvalue weighted by molar-refractivity contribution is 9.08. The van der Waals surface area contributed by atoms with Crippen molar-refractivity contribution in [3.63, 3.8) is 0 Å². The summed E-state index contributed by atoms with van der Waals surface area (Å²) in [5, 5.41) is 18.3. The number of carboxylic acid groups (broad SMARTS) is 2. The Labute approximate surface area is 100 Å². The second-order valence-corrected chi connectivity index (χ2v) is 3.83. The molecule has 0 radical (unpaired) electrons. The molecule has 0 aliphatic heterocycles. The number of aryl methyl sites for hydroxylation is 1. The van der Waals surface area contributed by atoms with Gasteiger partial charge in [-0.3, -0.25) is 0 Å². The highest BCUT2D eigenvalue weighted by atomic mass is 79.9. The van der Waals surface area contributed by atoms with Gasteiger partial charge in [-0.25, -0.2) is 14.6 Å². The first kappa shape index (κ1) is 12.6. The fourth-order valence-electron chi connectivity index (χ4n) is 1.50. The lowest BCUT2D eigenvalue weighted by atomic mass is 10.0. The van der Waals surface area contributed by atoms with Gasteiger partial charge in [0.25, 0.3) is 0 Å². The van der Waals surface area contributed by atoms with E-state index in [1.54, 1.807) is 13.8 Å². The molecule has 0 spiro atoms. The molecule has 0 fully saturated rings. The summed E-state index contributed by atoms with van der Waals surface area (Å²) >= 11 is 3.22. The number of aromatic carboxylic acids is 2. The average Bonchev–Trinajstić information content (AvgIpc) is 2.16. The average molecular weight is 288 g/mol. The molecule has 2 N–H and O–H groups in total. The molecule has 16 heavy (non-hydrogen) atoms. The summed E-state index contributed by atoms with van der Waals surface area (Å²) in [6.07, 6.45) is 0. The van der Waals surface area contributed by atoms with E-state index in [4.69, 9.17) is 10.2 Å². The first-order valence-electron chi connectivity index (χ1n) is 4.42. The smallest absolute Gasteiger partial charge is 0.355 e. The molecule has 0 saturated carbocycles. The molecule has 1 aromatic heterocycles. The Kier molecular flexibility index (Phi) is 3.64. The Morgan fingerprint density at radius 3 is 2.19 bits per heavy atom. The summed E-state index contributed by atoms with van der Waals surface area (Å²) < 4.78 is 0. The van der Waals surface area contributed by atoms with E-state index in [1.807, 2.05) is 0 Å². The molecule has 0 atom stereocenters. The molecule has 5 nitrogen and oxygen atoms in total. The van der Waals surface area contributed by atoms with E-state index in [0.29, 0.717) is 22.2 Å². The maximum atomic E-state index is 11.0. The van der Waals surface area contributed by atoms with Gasteiger partial charge < -0.3 is 10.2 Å². The Morgan fingerprint density at radius 1 is 1.25 bits per heavy atom. The van der Waals surface area contributed by atoms with E-state index in [0.717, 1.165) is 0 Å². The highest BCUT2D eigenvalue weighted by Gasteiger charge is 2.23. The molecular weight excluding hydrogens is 278 g/mol. The predicted molar refractivity (Wildman–Crippen MR) is 60.3 cm³/mol. The number of aromatic nitrogens is 1. The molecule has 0 saturated heterocycles. The molecule has 6 heteroatoms. The zero-order chi connectivity index (χ0) is 12.5. The summed E-state index contributed by atoms with van der Waals surface area (Å²) in [6, 6.07) is 0. The number of hydrogen-bond acceptors (Lipinski definition) is 3. The van der Waals surface area contributed by atoms with Crippen molar-refractivity contribution >= 4 is 27.9 Å². The normalized spacial score (nSPS) is 10.2.